The Kier molecular flexibility index (Phi) is 5.49. The van der Waals surface area contributed by atoms with Crippen LogP contribution in [0.15, 0.2) is 48.5 Å². The Bertz CT molecular complexity index is 1160. The Hall–Kier alpha value is -3.63. The molecule has 6 nitrogen and oxygen atoms in total. The van der Waals surface area contributed by atoms with E-state index in [-0.39, 0.29) is 23.6 Å². The number of rotatable bonds is 4. The number of nitrogens with one attached hydrogen (secondary N) is 2. The summed E-state index contributed by atoms with van der Waals surface area (Å²) in [6, 6.07) is 7.62. The first-order valence-corrected chi connectivity index (χ1v) is 9.49. The number of amides is 1. The summed E-state index contributed by atoms with van der Waals surface area (Å²) in [5.74, 6) is -2.31. The van der Waals surface area contributed by atoms with Gasteiger partial charge in [0.15, 0.2) is 11.7 Å². The summed E-state index contributed by atoms with van der Waals surface area (Å²) in [5, 5.41) is 8.96. The van der Waals surface area contributed by atoms with Crippen LogP contribution in [-0.2, 0) is 0 Å². The first-order valence-electron chi connectivity index (χ1n) is 9.49. The van der Waals surface area contributed by atoms with Crippen LogP contribution in [0.2, 0.25) is 0 Å². The molecule has 0 aliphatic carbocycles. The normalized spacial score (nSPS) is 17.9. The lowest BCUT2D eigenvalue weighted by molar-refractivity contribution is -0.173. The van der Waals surface area contributed by atoms with Crippen LogP contribution in [-0.4, -0.2) is 29.0 Å². The Morgan fingerprint density at radius 2 is 1.97 bits per heavy atom. The van der Waals surface area contributed by atoms with Crippen LogP contribution in [0.1, 0.15) is 34.6 Å². The van der Waals surface area contributed by atoms with Crippen molar-refractivity contribution in [3.63, 3.8) is 0 Å². The fourth-order valence-electron chi connectivity index (χ4n) is 3.54. The summed E-state index contributed by atoms with van der Waals surface area (Å²) in [6.07, 6.45) is -4.99. The molecular weight excluding hydrogens is 435 g/mol. The zero-order valence-electron chi connectivity index (χ0n) is 16.6. The molecule has 0 unspecified atom stereocenters. The van der Waals surface area contributed by atoms with Crippen molar-refractivity contribution in [2.75, 3.05) is 17.7 Å². The zero-order chi connectivity index (χ0) is 23.0. The number of fused-ring (bicyclic) bond motifs is 1. The van der Waals surface area contributed by atoms with E-state index in [0.717, 1.165) is 18.2 Å². The summed E-state index contributed by atoms with van der Waals surface area (Å²) >= 11 is 0. The predicted molar refractivity (Wildman–Crippen MR) is 106 cm³/mol. The highest BCUT2D eigenvalue weighted by molar-refractivity contribution is 6.03. The molecule has 2 aromatic carbocycles. The van der Waals surface area contributed by atoms with Crippen molar-refractivity contribution in [2.45, 2.75) is 24.7 Å². The minimum absolute atomic E-state index is 0.0175. The van der Waals surface area contributed by atoms with Gasteiger partial charge in [0.05, 0.1) is 18.8 Å². The maximum Gasteiger partial charge on any atom is 0.410 e. The van der Waals surface area contributed by atoms with E-state index in [2.05, 4.69) is 15.7 Å². The molecule has 0 bridgehead atoms. The third kappa shape index (κ3) is 4.23. The minimum Gasteiger partial charge on any atom is -0.497 e. The van der Waals surface area contributed by atoms with Gasteiger partial charge in [-0.2, -0.15) is 18.3 Å². The average molecular weight is 452 g/mol. The highest BCUT2D eigenvalue weighted by atomic mass is 19.4. The zero-order valence-corrected chi connectivity index (χ0v) is 16.6. The Morgan fingerprint density at radius 1 is 1.19 bits per heavy atom. The van der Waals surface area contributed by atoms with Gasteiger partial charge in [-0.3, -0.25) is 4.79 Å². The first-order chi connectivity index (χ1) is 15.2. The van der Waals surface area contributed by atoms with E-state index in [4.69, 9.17) is 4.74 Å². The van der Waals surface area contributed by atoms with Crippen LogP contribution >= 0.6 is 0 Å². The van der Waals surface area contributed by atoms with Gasteiger partial charge >= 0.3 is 6.18 Å². The lowest BCUT2D eigenvalue weighted by Crippen LogP contribution is -2.35. The van der Waals surface area contributed by atoms with Crippen LogP contribution in [0.5, 0.6) is 5.75 Å². The summed E-state index contributed by atoms with van der Waals surface area (Å²) in [6.45, 7) is 0. The number of anilines is 2. The van der Waals surface area contributed by atoms with Crippen LogP contribution in [0.25, 0.3) is 0 Å². The molecule has 1 amide bonds. The number of carbonyl (C=O) groups excluding carboxylic acids is 1. The highest BCUT2D eigenvalue weighted by Gasteiger charge is 2.46. The predicted octanol–water partition coefficient (Wildman–Crippen LogP) is 5.08. The summed E-state index contributed by atoms with van der Waals surface area (Å²) in [5.41, 5.74) is -0.0980. The van der Waals surface area contributed by atoms with Gasteiger partial charge in [-0.15, -0.1) is 0 Å². The number of methoxy groups -OCH3 is 1. The number of benzene rings is 2. The van der Waals surface area contributed by atoms with Gasteiger partial charge in [0.25, 0.3) is 5.91 Å². The van der Waals surface area contributed by atoms with E-state index in [1.54, 1.807) is 24.3 Å². The van der Waals surface area contributed by atoms with E-state index < -0.39 is 35.8 Å². The third-order valence-corrected chi connectivity index (χ3v) is 5.10. The topological polar surface area (TPSA) is 68.2 Å². The third-order valence-electron chi connectivity index (χ3n) is 5.10. The lowest BCUT2D eigenvalue weighted by Gasteiger charge is -2.33. The molecule has 0 saturated heterocycles. The monoisotopic (exact) mass is 452 g/mol. The maximum atomic E-state index is 13.8. The number of hydrogen-bond donors (Lipinski definition) is 2. The molecule has 1 aliphatic rings. The van der Waals surface area contributed by atoms with E-state index in [9.17, 15) is 26.7 Å². The molecule has 2 atom stereocenters. The molecule has 0 radical (unpaired) electrons. The standard InChI is InChI=1S/C21H17F5N4O2/c1-32-13-4-2-3-11(7-13)16-9-18(21(24,25)26)30-19(27-16)10-17(29-30)20(31)28-15-6-5-12(22)8-14(15)23/h2-8,10,16,18,27H,9H2,1H3,(H,28,31)/t16-,18+/m1/s1. The Morgan fingerprint density at radius 3 is 2.66 bits per heavy atom. The van der Waals surface area contributed by atoms with Gasteiger partial charge in [-0.1, -0.05) is 12.1 Å². The molecule has 3 aromatic rings. The van der Waals surface area contributed by atoms with Gasteiger partial charge in [-0.05, 0) is 29.8 Å². The molecule has 168 valence electrons. The quantitative estimate of drug-likeness (QED) is 0.542. The van der Waals surface area contributed by atoms with Crippen molar-refractivity contribution in [1.82, 2.24) is 9.78 Å². The van der Waals surface area contributed by atoms with E-state index >= 15 is 0 Å². The minimum atomic E-state index is -4.63. The van der Waals surface area contributed by atoms with Gasteiger partial charge in [-0.25, -0.2) is 13.5 Å². The number of halogens is 5. The second-order valence-corrected chi connectivity index (χ2v) is 7.20. The Labute approximate surface area is 179 Å². The van der Waals surface area contributed by atoms with E-state index in [0.29, 0.717) is 22.1 Å². The van der Waals surface area contributed by atoms with Crippen molar-refractivity contribution < 1.29 is 31.5 Å². The lowest BCUT2D eigenvalue weighted by atomic mass is 9.97. The molecular formula is C21H17F5N4O2. The first kappa shape index (κ1) is 21.6. The number of carbonyl (C=O) groups is 1. The molecule has 0 spiro atoms. The van der Waals surface area contributed by atoms with Crippen molar-refractivity contribution >= 4 is 17.4 Å². The molecule has 0 saturated carbocycles. The largest absolute Gasteiger partial charge is 0.497 e. The molecule has 32 heavy (non-hydrogen) atoms. The van der Waals surface area contributed by atoms with Crippen LogP contribution in [0.4, 0.5) is 33.5 Å². The van der Waals surface area contributed by atoms with Gasteiger partial charge in [0.1, 0.15) is 23.2 Å². The second-order valence-electron chi connectivity index (χ2n) is 7.20. The molecule has 1 aromatic heterocycles. The molecule has 11 heteroatoms. The van der Waals surface area contributed by atoms with Crippen molar-refractivity contribution in [3.05, 3.63) is 71.4 Å². The molecule has 0 fully saturated rings. The molecule has 4 rings (SSSR count). The maximum absolute atomic E-state index is 13.8. The highest BCUT2D eigenvalue weighted by Crippen LogP contribution is 2.44. The number of nitrogens with zero attached hydrogens (tertiary/aromatic N) is 2. The number of alkyl halides is 3. The fraction of sp³-hybridized carbons (Fsp3) is 0.238. The van der Waals surface area contributed by atoms with E-state index in [1.165, 1.54) is 7.11 Å². The fourth-order valence-corrected chi connectivity index (χ4v) is 3.54. The molecule has 2 N–H and O–H groups in total. The van der Waals surface area contributed by atoms with Gasteiger partial charge < -0.3 is 15.4 Å². The molecule has 2 heterocycles. The van der Waals surface area contributed by atoms with E-state index in [1.807, 2.05) is 0 Å². The molecule has 1 aliphatic heterocycles. The number of aromatic nitrogens is 2. The Balaban J connectivity index is 1.65. The summed E-state index contributed by atoms with van der Waals surface area (Å²) in [4.78, 5) is 12.5. The van der Waals surface area contributed by atoms with Crippen LogP contribution in [0, 0.1) is 11.6 Å². The smallest absolute Gasteiger partial charge is 0.410 e. The number of ether oxygens (including phenoxy) is 1. The number of hydrogen-bond acceptors (Lipinski definition) is 4. The second kappa shape index (κ2) is 8.13. The SMILES string of the molecule is COc1cccc([C@H]2C[C@@H](C(F)(F)F)n3nc(C(=O)Nc4ccc(F)cc4F)cc3N2)c1. The van der Waals surface area contributed by atoms with Gasteiger partial charge in [0.2, 0.25) is 0 Å². The average Bonchev–Trinajstić information content (AvgIpc) is 3.18. The van der Waals surface area contributed by atoms with Crippen LogP contribution < -0.4 is 15.4 Å². The summed E-state index contributed by atoms with van der Waals surface area (Å²) < 4.78 is 74.1. The van der Waals surface area contributed by atoms with Crippen molar-refractivity contribution in [3.8, 4) is 5.75 Å². The summed E-state index contributed by atoms with van der Waals surface area (Å²) in [7, 11) is 1.45. The van der Waals surface area contributed by atoms with Crippen molar-refractivity contribution in [1.29, 1.82) is 0 Å². The van der Waals surface area contributed by atoms with Crippen LogP contribution in [0.3, 0.4) is 0 Å². The van der Waals surface area contributed by atoms with Gasteiger partial charge in [0, 0.05) is 18.6 Å². The van der Waals surface area contributed by atoms with Crippen molar-refractivity contribution in [2.24, 2.45) is 0 Å².